The van der Waals surface area contributed by atoms with Gasteiger partial charge < -0.3 is 0 Å². The molecule has 4 heteroatoms. The molecule has 100 valence electrons. The molecule has 1 aromatic carbocycles. The first-order valence-electron chi connectivity index (χ1n) is 6.76. The van der Waals surface area contributed by atoms with Gasteiger partial charge in [0.15, 0.2) is 0 Å². The number of fused-ring (bicyclic) bond motifs is 1. The third kappa shape index (κ3) is 2.54. The zero-order valence-corrected chi connectivity index (χ0v) is 11.1. The van der Waals surface area contributed by atoms with Crippen LogP contribution in [0.1, 0.15) is 23.7 Å². The summed E-state index contributed by atoms with van der Waals surface area (Å²) in [5, 5.41) is 4.30. The number of halogens is 1. The molecular weight excluding hydrogens is 241 g/mol. The molecule has 2 aromatic rings. The van der Waals surface area contributed by atoms with Crippen LogP contribution in [-0.2, 0) is 26.1 Å². The summed E-state index contributed by atoms with van der Waals surface area (Å²) < 4.78 is 15.2. The third-order valence-corrected chi connectivity index (χ3v) is 3.75. The van der Waals surface area contributed by atoms with Gasteiger partial charge in [-0.2, -0.15) is 5.10 Å². The average molecular weight is 259 g/mol. The van der Waals surface area contributed by atoms with Gasteiger partial charge in [-0.05, 0) is 42.7 Å². The highest BCUT2D eigenvalue weighted by atomic mass is 19.1. The van der Waals surface area contributed by atoms with Crippen molar-refractivity contribution in [1.29, 1.82) is 0 Å². The maximum atomic E-state index is 13.2. The Kier molecular flexibility index (Phi) is 3.34. The Balaban J connectivity index is 1.74. The fourth-order valence-corrected chi connectivity index (χ4v) is 2.72. The van der Waals surface area contributed by atoms with Gasteiger partial charge in [0.25, 0.3) is 0 Å². The van der Waals surface area contributed by atoms with Crippen LogP contribution in [0.2, 0.25) is 0 Å². The summed E-state index contributed by atoms with van der Waals surface area (Å²) in [6.07, 6.45) is 2.78. The van der Waals surface area contributed by atoms with E-state index in [9.17, 15) is 4.39 Å². The third-order valence-electron chi connectivity index (χ3n) is 3.75. The molecular formula is C15H18FN3. The van der Waals surface area contributed by atoms with E-state index in [1.54, 1.807) is 12.1 Å². The van der Waals surface area contributed by atoms with Crippen LogP contribution in [0.5, 0.6) is 0 Å². The second-order valence-electron chi connectivity index (χ2n) is 5.01. The van der Waals surface area contributed by atoms with Crippen LogP contribution in [0.3, 0.4) is 0 Å². The number of hydrogen-bond donors (Lipinski definition) is 0. The quantitative estimate of drug-likeness (QED) is 0.845. The van der Waals surface area contributed by atoms with E-state index in [-0.39, 0.29) is 5.82 Å². The van der Waals surface area contributed by atoms with E-state index in [2.05, 4.69) is 23.0 Å². The largest absolute Gasteiger partial charge is 0.293 e. The zero-order chi connectivity index (χ0) is 13.2. The first-order chi connectivity index (χ1) is 9.26. The van der Waals surface area contributed by atoms with Crippen molar-refractivity contribution in [3.8, 4) is 0 Å². The monoisotopic (exact) mass is 259 g/mol. The Morgan fingerprint density at radius 2 is 2.16 bits per heavy atom. The predicted octanol–water partition coefficient (Wildman–Crippen LogP) is 2.60. The van der Waals surface area contributed by atoms with E-state index in [1.807, 2.05) is 16.9 Å². The topological polar surface area (TPSA) is 21.1 Å². The summed E-state index contributed by atoms with van der Waals surface area (Å²) in [4.78, 5) is 2.39. The molecule has 0 radical (unpaired) electrons. The second-order valence-corrected chi connectivity index (χ2v) is 5.01. The van der Waals surface area contributed by atoms with Crippen molar-refractivity contribution in [2.24, 2.45) is 0 Å². The minimum absolute atomic E-state index is 0.128. The van der Waals surface area contributed by atoms with E-state index >= 15 is 0 Å². The lowest BCUT2D eigenvalue weighted by molar-refractivity contribution is 0.237. The highest BCUT2D eigenvalue weighted by molar-refractivity contribution is 5.30. The van der Waals surface area contributed by atoms with Crippen molar-refractivity contribution < 1.29 is 4.39 Å². The van der Waals surface area contributed by atoms with Gasteiger partial charge in [-0.1, -0.05) is 6.07 Å². The standard InChI is InChI=1S/C15H18FN3/c1-2-19-15(5-7-17-19)11-18-8-6-12-9-14(16)4-3-13(12)10-18/h3-5,7,9H,2,6,8,10-11H2,1H3. The molecule has 1 aliphatic heterocycles. The molecule has 1 aromatic heterocycles. The van der Waals surface area contributed by atoms with Crippen LogP contribution in [0, 0.1) is 5.82 Å². The number of aryl methyl sites for hydroxylation is 1. The van der Waals surface area contributed by atoms with Gasteiger partial charge in [0.05, 0.1) is 5.69 Å². The summed E-state index contributed by atoms with van der Waals surface area (Å²) in [7, 11) is 0. The van der Waals surface area contributed by atoms with Gasteiger partial charge in [-0.3, -0.25) is 9.58 Å². The van der Waals surface area contributed by atoms with E-state index in [4.69, 9.17) is 0 Å². The lowest BCUT2D eigenvalue weighted by Gasteiger charge is -2.28. The fourth-order valence-electron chi connectivity index (χ4n) is 2.72. The summed E-state index contributed by atoms with van der Waals surface area (Å²) >= 11 is 0. The van der Waals surface area contributed by atoms with Gasteiger partial charge in [0.1, 0.15) is 5.82 Å². The maximum absolute atomic E-state index is 13.2. The first kappa shape index (κ1) is 12.4. The number of aromatic nitrogens is 2. The van der Waals surface area contributed by atoms with E-state index in [0.717, 1.165) is 38.2 Å². The molecule has 0 spiro atoms. The van der Waals surface area contributed by atoms with Crippen LogP contribution < -0.4 is 0 Å². The Bertz CT molecular complexity index is 577. The molecule has 0 unspecified atom stereocenters. The highest BCUT2D eigenvalue weighted by Crippen LogP contribution is 2.21. The molecule has 19 heavy (non-hydrogen) atoms. The minimum atomic E-state index is -0.128. The average Bonchev–Trinajstić information content (AvgIpc) is 2.86. The molecule has 0 fully saturated rings. The Morgan fingerprint density at radius 3 is 3.00 bits per heavy atom. The number of rotatable bonds is 3. The van der Waals surface area contributed by atoms with Crippen LogP contribution in [-0.4, -0.2) is 21.2 Å². The Hall–Kier alpha value is -1.68. The zero-order valence-electron chi connectivity index (χ0n) is 11.1. The maximum Gasteiger partial charge on any atom is 0.123 e. The normalized spacial score (nSPS) is 15.5. The molecule has 0 bridgehead atoms. The Labute approximate surface area is 112 Å². The van der Waals surface area contributed by atoms with E-state index < -0.39 is 0 Å². The van der Waals surface area contributed by atoms with Gasteiger partial charge >= 0.3 is 0 Å². The summed E-state index contributed by atoms with van der Waals surface area (Å²) in [5.74, 6) is -0.128. The van der Waals surface area contributed by atoms with Gasteiger partial charge in [-0.25, -0.2) is 4.39 Å². The highest BCUT2D eigenvalue weighted by Gasteiger charge is 2.17. The molecule has 0 N–H and O–H groups in total. The number of hydrogen-bond acceptors (Lipinski definition) is 2. The van der Waals surface area contributed by atoms with E-state index in [0.29, 0.717) is 0 Å². The minimum Gasteiger partial charge on any atom is -0.293 e. The molecule has 3 nitrogen and oxygen atoms in total. The molecule has 0 amide bonds. The molecule has 0 aliphatic carbocycles. The van der Waals surface area contributed by atoms with Crippen LogP contribution in [0.15, 0.2) is 30.5 Å². The van der Waals surface area contributed by atoms with Crippen molar-refractivity contribution in [3.05, 3.63) is 53.1 Å². The molecule has 0 saturated carbocycles. The Morgan fingerprint density at radius 1 is 1.26 bits per heavy atom. The molecule has 0 saturated heterocycles. The number of benzene rings is 1. The molecule has 1 aliphatic rings. The first-order valence-corrected chi connectivity index (χ1v) is 6.76. The van der Waals surface area contributed by atoms with Crippen molar-refractivity contribution >= 4 is 0 Å². The van der Waals surface area contributed by atoms with Gasteiger partial charge in [0, 0.05) is 32.4 Å². The van der Waals surface area contributed by atoms with Crippen LogP contribution in [0.25, 0.3) is 0 Å². The smallest absolute Gasteiger partial charge is 0.123 e. The summed E-state index contributed by atoms with van der Waals surface area (Å²) in [6.45, 7) is 5.78. The lowest BCUT2D eigenvalue weighted by Crippen LogP contribution is -2.31. The van der Waals surface area contributed by atoms with E-state index in [1.165, 1.54) is 11.3 Å². The van der Waals surface area contributed by atoms with Crippen LogP contribution in [0.4, 0.5) is 4.39 Å². The van der Waals surface area contributed by atoms with Crippen molar-refractivity contribution in [1.82, 2.24) is 14.7 Å². The van der Waals surface area contributed by atoms with Crippen LogP contribution >= 0.6 is 0 Å². The second kappa shape index (κ2) is 5.13. The van der Waals surface area contributed by atoms with Gasteiger partial charge in [-0.15, -0.1) is 0 Å². The van der Waals surface area contributed by atoms with Crippen molar-refractivity contribution in [2.45, 2.75) is 33.0 Å². The molecule has 3 rings (SSSR count). The SMILES string of the molecule is CCn1nccc1CN1CCc2cc(F)ccc2C1. The molecule has 0 atom stereocenters. The van der Waals surface area contributed by atoms with Crippen molar-refractivity contribution in [3.63, 3.8) is 0 Å². The fraction of sp³-hybridized carbons (Fsp3) is 0.400. The van der Waals surface area contributed by atoms with Crippen molar-refractivity contribution in [2.75, 3.05) is 6.54 Å². The summed E-state index contributed by atoms with van der Waals surface area (Å²) in [5.41, 5.74) is 3.64. The molecule has 2 heterocycles. The summed E-state index contributed by atoms with van der Waals surface area (Å²) in [6, 6.07) is 7.21. The predicted molar refractivity (Wildman–Crippen MR) is 72.1 cm³/mol. The van der Waals surface area contributed by atoms with Gasteiger partial charge in [0.2, 0.25) is 0 Å². The lowest BCUT2D eigenvalue weighted by atomic mass is 9.99. The number of nitrogens with zero attached hydrogens (tertiary/aromatic N) is 3.